The molecule has 7 heteroatoms. The van der Waals surface area contributed by atoms with Crippen LogP contribution in [0.25, 0.3) is 22.2 Å². The van der Waals surface area contributed by atoms with Gasteiger partial charge < -0.3 is 15.4 Å². The number of hydrogen-bond acceptors (Lipinski definition) is 5. The summed E-state index contributed by atoms with van der Waals surface area (Å²) >= 11 is 0. The maximum Gasteiger partial charge on any atom is 0.272 e. The van der Waals surface area contributed by atoms with E-state index in [4.69, 9.17) is 4.74 Å². The van der Waals surface area contributed by atoms with Gasteiger partial charge in [-0.3, -0.25) is 4.79 Å². The van der Waals surface area contributed by atoms with Crippen LogP contribution in [0.5, 0.6) is 5.88 Å². The van der Waals surface area contributed by atoms with Crippen LogP contribution in [0.3, 0.4) is 0 Å². The molecule has 0 saturated carbocycles. The number of aryl methyl sites for hydroxylation is 1. The molecule has 1 aliphatic rings. The van der Waals surface area contributed by atoms with Gasteiger partial charge in [0.15, 0.2) is 11.3 Å². The lowest BCUT2D eigenvalue weighted by atomic mass is 10.0. The molecule has 5 rings (SSSR count). The Bertz CT molecular complexity index is 1250. The molecule has 0 atom stereocenters. The standard InChI is InChI=1S/C26H27N5O2/c1-31-25-22(24(30-31)26(32)28-21-13-15-27-16-14-21)11-12-23(29-25)33-17-18-7-9-20(10-8-18)19-5-3-2-4-6-19/h2-12,21,27H,13-17H2,1H3,(H,28,32). The molecule has 2 N–H and O–H groups in total. The summed E-state index contributed by atoms with van der Waals surface area (Å²) in [5.74, 6) is 0.351. The quantitative estimate of drug-likeness (QED) is 0.477. The topological polar surface area (TPSA) is 81.1 Å². The Labute approximate surface area is 192 Å². The highest BCUT2D eigenvalue weighted by Crippen LogP contribution is 2.22. The predicted molar refractivity (Wildman–Crippen MR) is 128 cm³/mol. The minimum absolute atomic E-state index is 0.151. The molecule has 1 amide bonds. The number of piperidine rings is 1. The minimum atomic E-state index is -0.151. The number of rotatable bonds is 6. The molecule has 33 heavy (non-hydrogen) atoms. The second kappa shape index (κ2) is 9.42. The first kappa shape index (κ1) is 21.2. The number of aromatic nitrogens is 3. The molecule has 0 radical (unpaired) electrons. The van der Waals surface area contributed by atoms with Crippen molar-refractivity contribution in [2.24, 2.45) is 7.05 Å². The van der Waals surface area contributed by atoms with Crippen molar-refractivity contribution in [1.82, 2.24) is 25.4 Å². The van der Waals surface area contributed by atoms with Crippen LogP contribution in [-0.2, 0) is 13.7 Å². The molecule has 0 unspecified atom stereocenters. The van der Waals surface area contributed by atoms with Gasteiger partial charge in [0.2, 0.25) is 5.88 Å². The van der Waals surface area contributed by atoms with Gasteiger partial charge >= 0.3 is 0 Å². The van der Waals surface area contributed by atoms with Gasteiger partial charge in [-0.05, 0) is 48.7 Å². The van der Waals surface area contributed by atoms with Crippen LogP contribution in [0, 0.1) is 0 Å². The fourth-order valence-corrected chi connectivity index (χ4v) is 4.16. The zero-order chi connectivity index (χ0) is 22.6. The molecule has 7 nitrogen and oxygen atoms in total. The maximum atomic E-state index is 12.8. The molecule has 0 bridgehead atoms. The van der Waals surface area contributed by atoms with Crippen molar-refractivity contribution in [3.8, 4) is 17.0 Å². The van der Waals surface area contributed by atoms with Crippen molar-refractivity contribution in [1.29, 1.82) is 0 Å². The average molecular weight is 442 g/mol. The molecule has 0 aliphatic carbocycles. The Morgan fingerprint density at radius 1 is 1.03 bits per heavy atom. The third-order valence-corrected chi connectivity index (χ3v) is 6.00. The van der Waals surface area contributed by atoms with Crippen molar-refractivity contribution < 1.29 is 9.53 Å². The van der Waals surface area contributed by atoms with Gasteiger partial charge in [-0.15, -0.1) is 0 Å². The summed E-state index contributed by atoms with van der Waals surface area (Å²) < 4.78 is 7.57. The van der Waals surface area contributed by atoms with E-state index in [9.17, 15) is 4.79 Å². The van der Waals surface area contributed by atoms with Crippen molar-refractivity contribution >= 4 is 16.9 Å². The van der Waals surface area contributed by atoms with Crippen molar-refractivity contribution in [3.63, 3.8) is 0 Å². The SMILES string of the molecule is Cn1nc(C(=O)NC2CCNCC2)c2ccc(OCc3ccc(-c4ccccc4)cc3)nc21. The molecule has 3 heterocycles. The number of nitrogens with one attached hydrogen (secondary N) is 2. The number of ether oxygens (including phenoxy) is 1. The van der Waals surface area contributed by atoms with Gasteiger partial charge in [0.1, 0.15) is 6.61 Å². The van der Waals surface area contributed by atoms with E-state index in [-0.39, 0.29) is 11.9 Å². The lowest BCUT2D eigenvalue weighted by molar-refractivity contribution is 0.0925. The van der Waals surface area contributed by atoms with E-state index in [0.29, 0.717) is 23.8 Å². The zero-order valence-electron chi connectivity index (χ0n) is 18.6. The van der Waals surface area contributed by atoms with Crippen LogP contribution in [0.2, 0.25) is 0 Å². The second-order valence-electron chi connectivity index (χ2n) is 8.34. The van der Waals surface area contributed by atoms with Gasteiger partial charge in [-0.2, -0.15) is 10.1 Å². The molecule has 1 saturated heterocycles. The first-order valence-electron chi connectivity index (χ1n) is 11.3. The predicted octanol–water partition coefficient (Wildman–Crippen LogP) is 3.70. The Hall–Kier alpha value is -3.71. The molecular weight excluding hydrogens is 414 g/mol. The lowest BCUT2D eigenvalue weighted by Crippen LogP contribution is -2.42. The Kier molecular flexibility index (Phi) is 6.04. The summed E-state index contributed by atoms with van der Waals surface area (Å²) in [5.41, 5.74) is 4.45. The summed E-state index contributed by atoms with van der Waals surface area (Å²) in [5, 5.41) is 11.6. The number of hydrogen-bond donors (Lipinski definition) is 2. The number of nitrogens with zero attached hydrogens (tertiary/aromatic N) is 3. The Morgan fingerprint density at radius 2 is 1.76 bits per heavy atom. The molecule has 2 aromatic heterocycles. The zero-order valence-corrected chi connectivity index (χ0v) is 18.6. The summed E-state index contributed by atoms with van der Waals surface area (Å²) in [7, 11) is 1.79. The van der Waals surface area contributed by atoms with Crippen LogP contribution >= 0.6 is 0 Å². The lowest BCUT2D eigenvalue weighted by Gasteiger charge is -2.23. The molecule has 2 aromatic carbocycles. The molecule has 168 valence electrons. The number of pyridine rings is 1. The van der Waals surface area contributed by atoms with Gasteiger partial charge in [-0.25, -0.2) is 4.68 Å². The second-order valence-corrected chi connectivity index (χ2v) is 8.34. The number of benzene rings is 2. The van der Waals surface area contributed by atoms with Crippen LogP contribution in [0.15, 0.2) is 66.7 Å². The third-order valence-electron chi connectivity index (χ3n) is 6.00. The molecule has 4 aromatic rings. The van der Waals surface area contributed by atoms with Crippen LogP contribution in [0.4, 0.5) is 0 Å². The van der Waals surface area contributed by atoms with Crippen LogP contribution < -0.4 is 15.4 Å². The van der Waals surface area contributed by atoms with Crippen LogP contribution in [-0.4, -0.2) is 39.8 Å². The van der Waals surface area contributed by atoms with E-state index < -0.39 is 0 Å². The smallest absolute Gasteiger partial charge is 0.272 e. The van der Waals surface area contributed by atoms with E-state index in [0.717, 1.165) is 36.9 Å². The monoisotopic (exact) mass is 441 g/mol. The van der Waals surface area contributed by atoms with Gasteiger partial charge in [0.05, 0.1) is 5.39 Å². The summed E-state index contributed by atoms with van der Waals surface area (Å²) in [4.78, 5) is 17.4. The fourth-order valence-electron chi connectivity index (χ4n) is 4.16. The van der Waals surface area contributed by atoms with E-state index in [1.54, 1.807) is 17.8 Å². The van der Waals surface area contributed by atoms with Crippen molar-refractivity contribution in [2.45, 2.75) is 25.5 Å². The Morgan fingerprint density at radius 3 is 2.52 bits per heavy atom. The summed E-state index contributed by atoms with van der Waals surface area (Å²) in [6, 6.07) is 22.4. The minimum Gasteiger partial charge on any atom is -0.473 e. The Balaban J connectivity index is 1.27. The molecule has 1 aliphatic heterocycles. The molecule has 1 fully saturated rings. The molecular formula is C26H27N5O2. The number of fused-ring (bicyclic) bond motifs is 1. The van der Waals surface area contributed by atoms with E-state index in [1.807, 2.05) is 24.3 Å². The highest BCUT2D eigenvalue weighted by Gasteiger charge is 2.21. The summed E-state index contributed by atoms with van der Waals surface area (Å²) in [6.07, 6.45) is 1.86. The largest absolute Gasteiger partial charge is 0.473 e. The van der Waals surface area contributed by atoms with Gasteiger partial charge in [0.25, 0.3) is 5.91 Å². The fraction of sp³-hybridized carbons (Fsp3) is 0.269. The maximum absolute atomic E-state index is 12.8. The first-order valence-corrected chi connectivity index (χ1v) is 11.3. The van der Waals surface area contributed by atoms with Crippen LogP contribution in [0.1, 0.15) is 28.9 Å². The van der Waals surface area contributed by atoms with Crippen molar-refractivity contribution in [2.75, 3.05) is 13.1 Å². The van der Waals surface area contributed by atoms with E-state index in [1.165, 1.54) is 11.1 Å². The van der Waals surface area contributed by atoms with Gasteiger partial charge in [-0.1, -0.05) is 54.6 Å². The normalized spacial score (nSPS) is 14.3. The van der Waals surface area contributed by atoms with E-state index in [2.05, 4.69) is 57.1 Å². The summed E-state index contributed by atoms with van der Waals surface area (Å²) in [6.45, 7) is 2.25. The number of amides is 1. The van der Waals surface area contributed by atoms with Gasteiger partial charge in [0, 0.05) is 19.2 Å². The molecule has 0 spiro atoms. The highest BCUT2D eigenvalue weighted by molar-refractivity contribution is 6.04. The third kappa shape index (κ3) is 4.73. The first-order chi connectivity index (χ1) is 16.2. The number of carbonyl (C=O) groups excluding carboxylic acids is 1. The highest BCUT2D eigenvalue weighted by atomic mass is 16.5. The van der Waals surface area contributed by atoms with Crippen molar-refractivity contribution in [3.05, 3.63) is 78.0 Å². The number of carbonyl (C=O) groups is 1. The average Bonchev–Trinajstić information content (AvgIpc) is 3.20. The van der Waals surface area contributed by atoms with E-state index >= 15 is 0 Å².